The lowest BCUT2D eigenvalue weighted by Gasteiger charge is -2.08. The van der Waals surface area contributed by atoms with Crippen LogP contribution >= 0.6 is 11.6 Å². The molecule has 0 heterocycles. The molecule has 0 saturated heterocycles. The molecule has 10 nitrogen and oxygen atoms in total. The van der Waals surface area contributed by atoms with Gasteiger partial charge >= 0.3 is 5.97 Å². The summed E-state index contributed by atoms with van der Waals surface area (Å²) >= 11 is 6.23. The number of halogens is 1. The number of nitro groups is 1. The molecule has 0 spiro atoms. The predicted molar refractivity (Wildman–Crippen MR) is 131 cm³/mol. The molecule has 0 radical (unpaired) electrons. The van der Waals surface area contributed by atoms with Gasteiger partial charge in [0.1, 0.15) is 34.6 Å². The quantitative estimate of drug-likeness (QED) is 0.112. The SMILES string of the molecule is COc1ccc(C(=O)Oc2ccc(/C=C(\C#N)C(=O)Nc3ccc(OC)cc3[N+](=O)[O-])cc2Cl)cc1. The van der Waals surface area contributed by atoms with E-state index < -0.39 is 22.5 Å². The maximum absolute atomic E-state index is 12.6. The van der Waals surface area contributed by atoms with E-state index in [2.05, 4.69) is 5.32 Å². The standard InChI is InChI=1S/C25H18ClN3O7/c1-34-18-6-4-16(5-7-18)25(31)36-23-10-3-15(12-20(23)26)11-17(14-27)24(30)28-21-9-8-19(35-2)13-22(21)29(32)33/h3-13H,1-2H3,(H,28,30)/b17-11+. The van der Waals surface area contributed by atoms with Gasteiger partial charge in [-0.3, -0.25) is 14.9 Å². The van der Waals surface area contributed by atoms with E-state index in [1.807, 2.05) is 0 Å². The zero-order chi connectivity index (χ0) is 26.2. The fourth-order valence-electron chi connectivity index (χ4n) is 2.98. The summed E-state index contributed by atoms with van der Waals surface area (Å²) in [6, 6.07) is 16.2. The molecule has 0 aliphatic carbocycles. The molecule has 0 bridgehead atoms. The van der Waals surface area contributed by atoms with Crippen molar-refractivity contribution in [1.29, 1.82) is 5.26 Å². The number of amides is 1. The molecule has 0 fully saturated rings. The summed E-state index contributed by atoms with van der Waals surface area (Å²) in [5.74, 6) is -0.609. The largest absolute Gasteiger partial charge is 0.497 e. The van der Waals surface area contributed by atoms with Gasteiger partial charge in [0.25, 0.3) is 11.6 Å². The van der Waals surface area contributed by atoms with E-state index in [1.165, 1.54) is 62.8 Å². The van der Waals surface area contributed by atoms with Crippen LogP contribution in [0.2, 0.25) is 5.02 Å². The molecule has 3 aromatic rings. The minimum atomic E-state index is -0.864. The van der Waals surface area contributed by atoms with Crippen molar-refractivity contribution in [2.24, 2.45) is 0 Å². The predicted octanol–water partition coefficient (Wildman–Crippen LogP) is 5.03. The summed E-state index contributed by atoms with van der Waals surface area (Å²) < 4.78 is 15.3. The first-order valence-corrected chi connectivity index (χ1v) is 10.5. The number of ether oxygens (including phenoxy) is 3. The van der Waals surface area contributed by atoms with Crippen molar-refractivity contribution in [3.63, 3.8) is 0 Å². The average Bonchev–Trinajstić information content (AvgIpc) is 2.88. The number of hydrogen-bond donors (Lipinski definition) is 1. The number of rotatable bonds is 8. The highest BCUT2D eigenvalue weighted by molar-refractivity contribution is 6.32. The number of nitro benzene ring substituents is 1. The summed E-state index contributed by atoms with van der Waals surface area (Å²) in [4.78, 5) is 35.6. The summed E-state index contributed by atoms with van der Waals surface area (Å²) in [5.41, 5.74) is -0.192. The van der Waals surface area contributed by atoms with E-state index in [-0.39, 0.29) is 33.3 Å². The Morgan fingerprint density at radius 3 is 2.28 bits per heavy atom. The minimum absolute atomic E-state index is 0.0640. The van der Waals surface area contributed by atoms with Crippen LogP contribution in [0.25, 0.3) is 6.08 Å². The fourth-order valence-corrected chi connectivity index (χ4v) is 3.20. The van der Waals surface area contributed by atoms with Gasteiger partial charge in [-0.2, -0.15) is 5.26 Å². The molecule has 0 atom stereocenters. The van der Waals surface area contributed by atoms with Crippen LogP contribution in [0.3, 0.4) is 0 Å². The third-order valence-corrected chi connectivity index (χ3v) is 5.11. The molecule has 11 heteroatoms. The van der Waals surface area contributed by atoms with Crippen LogP contribution in [-0.4, -0.2) is 31.0 Å². The van der Waals surface area contributed by atoms with Crippen LogP contribution in [0.5, 0.6) is 17.2 Å². The van der Waals surface area contributed by atoms with Gasteiger partial charge in [0.05, 0.1) is 35.8 Å². The second-order valence-electron chi connectivity index (χ2n) is 7.07. The van der Waals surface area contributed by atoms with Gasteiger partial charge in [0, 0.05) is 0 Å². The molecule has 0 unspecified atom stereocenters. The van der Waals surface area contributed by atoms with Crippen molar-refractivity contribution in [3.05, 3.63) is 92.5 Å². The highest BCUT2D eigenvalue weighted by Gasteiger charge is 2.19. The number of methoxy groups -OCH3 is 2. The van der Waals surface area contributed by atoms with Crippen LogP contribution in [0, 0.1) is 21.4 Å². The molecule has 0 aliphatic rings. The Labute approximate surface area is 210 Å². The zero-order valence-electron chi connectivity index (χ0n) is 19.0. The Hall–Kier alpha value is -4.88. The number of hydrogen-bond acceptors (Lipinski definition) is 8. The molecule has 0 aliphatic heterocycles. The second kappa shape index (κ2) is 11.5. The molecule has 1 amide bonds. The smallest absolute Gasteiger partial charge is 0.343 e. The number of esters is 1. The summed E-state index contributed by atoms with van der Waals surface area (Å²) in [6.45, 7) is 0. The van der Waals surface area contributed by atoms with E-state index in [0.717, 1.165) is 6.07 Å². The Kier molecular flexibility index (Phi) is 8.22. The third kappa shape index (κ3) is 6.16. The number of nitrogens with one attached hydrogen (secondary N) is 1. The lowest BCUT2D eigenvalue weighted by Crippen LogP contribution is -2.14. The lowest BCUT2D eigenvalue weighted by atomic mass is 10.1. The van der Waals surface area contributed by atoms with E-state index in [9.17, 15) is 25.0 Å². The molecule has 3 rings (SSSR count). The maximum atomic E-state index is 12.6. The van der Waals surface area contributed by atoms with Crippen LogP contribution in [0.1, 0.15) is 15.9 Å². The van der Waals surface area contributed by atoms with Crippen molar-refractivity contribution >= 4 is 40.9 Å². The number of anilines is 1. The van der Waals surface area contributed by atoms with Crippen molar-refractivity contribution in [2.45, 2.75) is 0 Å². The highest BCUT2D eigenvalue weighted by Crippen LogP contribution is 2.30. The van der Waals surface area contributed by atoms with Gasteiger partial charge in [-0.15, -0.1) is 0 Å². The molecule has 3 aromatic carbocycles. The Morgan fingerprint density at radius 2 is 1.69 bits per heavy atom. The molecule has 182 valence electrons. The van der Waals surface area contributed by atoms with E-state index in [1.54, 1.807) is 18.2 Å². The molecule has 1 N–H and O–H groups in total. The van der Waals surface area contributed by atoms with Gasteiger partial charge in [0.2, 0.25) is 0 Å². The molecular weight excluding hydrogens is 490 g/mol. The number of carbonyl (C=O) groups excluding carboxylic acids is 2. The van der Waals surface area contributed by atoms with Crippen molar-refractivity contribution in [3.8, 4) is 23.3 Å². The average molecular weight is 508 g/mol. The van der Waals surface area contributed by atoms with Crippen LogP contribution in [0.4, 0.5) is 11.4 Å². The van der Waals surface area contributed by atoms with E-state index in [0.29, 0.717) is 11.3 Å². The van der Waals surface area contributed by atoms with Crippen molar-refractivity contribution < 1.29 is 28.7 Å². The lowest BCUT2D eigenvalue weighted by molar-refractivity contribution is -0.384. The zero-order valence-corrected chi connectivity index (χ0v) is 19.7. The summed E-state index contributed by atoms with van der Waals surface area (Å²) in [6.07, 6.45) is 1.24. The maximum Gasteiger partial charge on any atom is 0.343 e. The van der Waals surface area contributed by atoms with E-state index >= 15 is 0 Å². The van der Waals surface area contributed by atoms with E-state index in [4.69, 9.17) is 25.8 Å². The Morgan fingerprint density at radius 1 is 1.03 bits per heavy atom. The molecule has 36 heavy (non-hydrogen) atoms. The molecule has 0 saturated carbocycles. The first-order chi connectivity index (χ1) is 17.2. The molecule has 0 aromatic heterocycles. The number of nitriles is 1. The normalized spacial score (nSPS) is 10.7. The minimum Gasteiger partial charge on any atom is -0.497 e. The fraction of sp³-hybridized carbons (Fsp3) is 0.0800. The van der Waals surface area contributed by atoms with Crippen LogP contribution in [-0.2, 0) is 4.79 Å². The number of nitrogens with zero attached hydrogens (tertiary/aromatic N) is 2. The van der Waals surface area contributed by atoms with Crippen LogP contribution < -0.4 is 19.5 Å². The topological polar surface area (TPSA) is 141 Å². The Bertz CT molecular complexity index is 1400. The first kappa shape index (κ1) is 25.7. The van der Waals surface area contributed by atoms with Crippen LogP contribution in [0.15, 0.2) is 66.2 Å². The molecular formula is C25H18ClN3O7. The Balaban J connectivity index is 1.77. The summed E-state index contributed by atoms with van der Waals surface area (Å²) in [7, 11) is 2.86. The third-order valence-electron chi connectivity index (χ3n) is 4.81. The van der Waals surface area contributed by atoms with Crippen molar-refractivity contribution in [2.75, 3.05) is 19.5 Å². The van der Waals surface area contributed by atoms with Crippen molar-refractivity contribution in [1.82, 2.24) is 0 Å². The van der Waals surface area contributed by atoms with Gasteiger partial charge < -0.3 is 19.5 Å². The summed E-state index contributed by atoms with van der Waals surface area (Å²) in [5, 5.41) is 23.2. The van der Waals surface area contributed by atoms with Gasteiger partial charge in [-0.1, -0.05) is 17.7 Å². The first-order valence-electron chi connectivity index (χ1n) is 10.2. The monoisotopic (exact) mass is 507 g/mol. The second-order valence-corrected chi connectivity index (χ2v) is 7.48. The number of carbonyl (C=O) groups is 2. The van der Waals surface area contributed by atoms with Gasteiger partial charge in [-0.05, 0) is 60.2 Å². The van der Waals surface area contributed by atoms with Gasteiger partial charge in [0.15, 0.2) is 0 Å². The number of benzene rings is 3. The highest BCUT2D eigenvalue weighted by atomic mass is 35.5. The van der Waals surface area contributed by atoms with Gasteiger partial charge in [-0.25, -0.2) is 4.79 Å².